The quantitative estimate of drug-likeness (QED) is 0.743. The van der Waals surface area contributed by atoms with Crippen LogP contribution in [0.3, 0.4) is 0 Å². The second-order valence-electron chi connectivity index (χ2n) is 5.94. The Morgan fingerprint density at radius 2 is 1.74 bits per heavy atom. The standard InChI is InChI=1S/C13H26N2O3S/c1-19(17,18)9-8-14-6-2-4-12(14)10-15-7-3-5-13(15)11-16/h12-13,16H,2-11H2,1H3. The van der Waals surface area contributed by atoms with Gasteiger partial charge in [0, 0.05) is 31.4 Å². The van der Waals surface area contributed by atoms with E-state index in [0.717, 1.165) is 38.9 Å². The predicted molar refractivity (Wildman–Crippen MR) is 76.0 cm³/mol. The summed E-state index contributed by atoms with van der Waals surface area (Å²) in [4.78, 5) is 4.69. The van der Waals surface area contributed by atoms with E-state index < -0.39 is 9.84 Å². The number of hydrogen-bond acceptors (Lipinski definition) is 5. The zero-order valence-corrected chi connectivity index (χ0v) is 12.6. The van der Waals surface area contributed by atoms with Gasteiger partial charge in [-0.2, -0.15) is 0 Å². The van der Waals surface area contributed by atoms with Crippen LogP contribution >= 0.6 is 0 Å². The minimum Gasteiger partial charge on any atom is -0.395 e. The third-order valence-corrected chi connectivity index (χ3v) is 5.33. The second kappa shape index (κ2) is 6.52. The molecule has 0 aromatic carbocycles. The number of nitrogens with zero attached hydrogens (tertiary/aromatic N) is 2. The average Bonchev–Trinajstić information content (AvgIpc) is 2.95. The summed E-state index contributed by atoms with van der Waals surface area (Å²) in [5, 5.41) is 9.35. The summed E-state index contributed by atoms with van der Waals surface area (Å²) < 4.78 is 22.5. The molecular formula is C13H26N2O3S. The lowest BCUT2D eigenvalue weighted by Crippen LogP contribution is -2.44. The van der Waals surface area contributed by atoms with Crippen molar-refractivity contribution in [3.63, 3.8) is 0 Å². The van der Waals surface area contributed by atoms with E-state index in [2.05, 4.69) is 9.80 Å². The molecule has 2 unspecified atom stereocenters. The molecule has 0 spiro atoms. The van der Waals surface area contributed by atoms with Crippen LogP contribution in [0.15, 0.2) is 0 Å². The lowest BCUT2D eigenvalue weighted by atomic mass is 10.2. The highest BCUT2D eigenvalue weighted by Crippen LogP contribution is 2.23. The summed E-state index contributed by atoms with van der Waals surface area (Å²) in [7, 11) is -2.87. The van der Waals surface area contributed by atoms with Crippen LogP contribution in [0, 0.1) is 0 Å². The number of hydrogen-bond donors (Lipinski definition) is 1. The third-order valence-electron chi connectivity index (χ3n) is 4.40. The van der Waals surface area contributed by atoms with Crippen molar-refractivity contribution in [3.05, 3.63) is 0 Å². The van der Waals surface area contributed by atoms with Crippen molar-refractivity contribution >= 4 is 9.84 Å². The molecule has 5 nitrogen and oxygen atoms in total. The van der Waals surface area contributed by atoms with Crippen LogP contribution in [0.5, 0.6) is 0 Å². The van der Waals surface area contributed by atoms with E-state index in [0.29, 0.717) is 18.6 Å². The van der Waals surface area contributed by atoms with Crippen molar-refractivity contribution in [3.8, 4) is 0 Å². The molecule has 2 heterocycles. The predicted octanol–water partition coefficient (Wildman–Crippen LogP) is -0.0479. The van der Waals surface area contributed by atoms with Gasteiger partial charge in [0.05, 0.1) is 12.4 Å². The highest BCUT2D eigenvalue weighted by atomic mass is 32.2. The van der Waals surface area contributed by atoms with Crippen molar-refractivity contribution in [1.82, 2.24) is 9.80 Å². The third kappa shape index (κ3) is 4.41. The Bertz CT molecular complexity index is 385. The van der Waals surface area contributed by atoms with Crippen LogP contribution in [0.1, 0.15) is 25.7 Å². The fourth-order valence-corrected chi connectivity index (χ4v) is 3.86. The Morgan fingerprint density at radius 3 is 2.37 bits per heavy atom. The van der Waals surface area contributed by atoms with Crippen LogP contribution in [0.4, 0.5) is 0 Å². The Kier molecular flexibility index (Phi) is 5.22. The number of rotatable bonds is 6. The maximum Gasteiger partial charge on any atom is 0.148 e. The van der Waals surface area contributed by atoms with Gasteiger partial charge < -0.3 is 5.11 Å². The minimum atomic E-state index is -2.87. The summed E-state index contributed by atoms with van der Waals surface area (Å²) in [6.07, 6.45) is 5.87. The molecule has 0 aromatic heterocycles. The van der Waals surface area contributed by atoms with Crippen molar-refractivity contribution in [2.24, 2.45) is 0 Å². The average molecular weight is 290 g/mol. The summed E-state index contributed by atoms with van der Waals surface area (Å²) in [5.41, 5.74) is 0. The zero-order valence-electron chi connectivity index (χ0n) is 11.8. The second-order valence-corrected chi connectivity index (χ2v) is 8.20. The fourth-order valence-electron chi connectivity index (χ4n) is 3.29. The first-order chi connectivity index (χ1) is 8.99. The zero-order chi connectivity index (χ0) is 13.9. The van der Waals surface area contributed by atoms with Crippen molar-refractivity contribution < 1.29 is 13.5 Å². The molecule has 2 aliphatic heterocycles. The van der Waals surface area contributed by atoms with Gasteiger partial charge in [-0.05, 0) is 38.8 Å². The van der Waals surface area contributed by atoms with Crippen LogP contribution in [-0.4, -0.2) is 80.2 Å². The summed E-state index contributed by atoms with van der Waals surface area (Å²) in [6, 6.07) is 0.784. The van der Waals surface area contributed by atoms with E-state index in [4.69, 9.17) is 0 Å². The molecule has 19 heavy (non-hydrogen) atoms. The SMILES string of the molecule is CS(=O)(=O)CCN1CCCC1CN1CCCC1CO. The van der Waals surface area contributed by atoms with Crippen LogP contribution in [0.25, 0.3) is 0 Å². The topological polar surface area (TPSA) is 60.9 Å². The van der Waals surface area contributed by atoms with Crippen molar-refractivity contribution in [2.45, 2.75) is 37.8 Å². The summed E-state index contributed by atoms with van der Waals surface area (Å²) in [5.74, 6) is 0.257. The Hall–Kier alpha value is -0.170. The molecule has 2 aliphatic rings. The number of sulfone groups is 1. The molecule has 6 heteroatoms. The lowest BCUT2D eigenvalue weighted by molar-refractivity contribution is 0.124. The maximum atomic E-state index is 11.3. The van der Waals surface area contributed by atoms with Gasteiger partial charge in [-0.1, -0.05) is 0 Å². The number of aliphatic hydroxyl groups is 1. The van der Waals surface area contributed by atoms with Gasteiger partial charge in [0.25, 0.3) is 0 Å². The highest BCUT2D eigenvalue weighted by molar-refractivity contribution is 7.90. The van der Waals surface area contributed by atoms with Crippen LogP contribution in [-0.2, 0) is 9.84 Å². The first-order valence-electron chi connectivity index (χ1n) is 7.26. The molecule has 0 bridgehead atoms. The molecule has 0 aliphatic carbocycles. The molecule has 0 saturated carbocycles. The van der Waals surface area contributed by atoms with E-state index in [1.54, 1.807) is 0 Å². The number of likely N-dealkylation sites (tertiary alicyclic amines) is 2. The maximum absolute atomic E-state index is 11.3. The van der Waals surface area contributed by atoms with Gasteiger partial charge in [0.2, 0.25) is 0 Å². The summed E-state index contributed by atoms with van der Waals surface area (Å²) in [6.45, 7) is 3.96. The molecule has 2 fully saturated rings. The Balaban J connectivity index is 1.85. The van der Waals surface area contributed by atoms with Gasteiger partial charge >= 0.3 is 0 Å². The molecular weight excluding hydrogens is 264 g/mol. The van der Waals surface area contributed by atoms with E-state index in [1.165, 1.54) is 12.7 Å². The number of aliphatic hydroxyl groups excluding tert-OH is 1. The van der Waals surface area contributed by atoms with E-state index in [9.17, 15) is 13.5 Å². The Morgan fingerprint density at radius 1 is 1.11 bits per heavy atom. The highest BCUT2D eigenvalue weighted by Gasteiger charge is 2.31. The molecule has 1 N–H and O–H groups in total. The Labute approximate surface area is 116 Å². The van der Waals surface area contributed by atoms with Gasteiger partial charge in [0.1, 0.15) is 9.84 Å². The van der Waals surface area contributed by atoms with Gasteiger partial charge in [-0.15, -0.1) is 0 Å². The normalized spacial score (nSPS) is 30.2. The molecule has 0 aromatic rings. The molecule has 112 valence electrons. The van der Waals surface area contributed by atoms with E-state index >= 15 is 0 Å². The molecule has 2 rings (SSSR count). The smallest absolute Gasteiger partial charge is 0.148 e. The fraction of sp³-hybridized carbons (Fsp3) is 1.00. The summed E-state index contributed by atoms with van der Waals surface area (Å²) >= 11 is 0. The van der Waals surface area contributed by atoms with Gasteiger partial charge in [0.15, 0.2) is 0 Å². The van der Waals surface area contributed by atoms with Gasteiger partial charge in [-0.25, -0.2) is 8.42 Å². The first-order valence-corrected chi connectivity index (χ1v) is 9.32. The molecule has 0 amide bonds. The largest absolute Gasteiger partial charge is 0.395 e. The van der Waals surface area contributed by atoms with Crippen LogP contribution in [0.2, 0.25) is 0 Å². The van der Waals surface area contributed by atoms with Gasteiger partial charge in [-0.3, -0.25) is 9.80 Å². The van der Waals surface area contributed by atoms with E-state index in [-0.39, 0.29) is 12.4 Å². The van der Waals surface area contributed by atoms with Crippen molar-refractivity contribution in [1.29, 1.82) is 0 Å². The van der Waals surface area contributed by atoms with Crippen molar-refractivity contribution in [2.75, 3.05) is 44.8 Å². The lowest BCUT2D eigenvalue weighted by Gasteiger charge is -2.31. The van der Waals surface area contributed by atoms with E-state index in [1.807, 2.05) is 0 Å². The molecule has 2 saturated heterocycles. The molecule has 2 atom stereocenters. The minimum absolute atomic E-state index is 0.246. The molecule has 0 radical (unpaired) electrons. The van der Waals surface area contributed by atoms with Crippen LogP contribution < -0.4 is 0 Å². The monoisotopic (exact) mass is 290 g/mol. The first kappa shape index (κ1) is 15.2.